The van der Waals surface area contributed by atoms with Crippen LogP contribution in [0.15, 0.2) is 18.3 Å². The van der Waals surface area contributed by atoms with E-state index in [2.05, 4.69) is 51.5 Å². The third kappa shape index (κ3) is 2.61. The van der Waals surface area contributed by atoms with Crippen molar-refractivity contribution in [2.24, 2.45) is 0 Å². The first-order valence-corrected chi connectivity index (χ1v) is 7.67. The number of fused-ring (bicyclic) bond motifs is 1. The first-order chi connectivity index (χ1) is 10.1. The zero-order valence-corrected chi connectivity index (χ0v) is 13.4. The van der Waals surface area contributed by atoms with Crippen LogP contribution in [0.4, 0.5) is 5.82 Å². The first-order valence-electron chi connectivity index (χ1n) is 6.90. The molecule has 110 valence electrons. The molecule has 0 bridgehead atoms. The lowest BCUT2D eigenvalue weighted by atomic mass is 10.1. The number of rotatable bonds is 4. The summed E-state index contributed by atoms with van der Waals surface area (Å²) < 4.78 is 5.87. The van der Waals surface area contributed by atoms with Crippen molar-refractivity contribution in [2.75, 3.05) is 11.9 Å². The molecule has 0 atom stereocenters. The number of hydrogen-bond acceptors (Lipinski definition) is 6. The van der Waals surface area contributed by atoms with Crippen LogP contribution in [0.3, 0.4) is 0 Å². The molecule has 0 spiro atoms. The monoisotopic (exact) mass is 302 g/mol. The van der Waals surface area contributed by atoms with E-state index in [1.165, 1.54) is 16.4 Å². The van der Waals surface area contributed by atoms with E-state index in [0.29, 0.717) is 5.92 Å². The molecule has 0 amide bonds. The molecule has 3 rings (SSSR count). The van der Waals surface area contributed by atoms with Gasteiger partial charge < -0.3 is 4.90 Å². The molecule has 0 fully saturated rings. The van der Waals surface area contributed by atoms with Gasteiger partial charge >= 0.3 is 0 Å². The summed E-state index contributed by atoms with van der Waals surface area (Å²) in [7, 11) is 2.06. The van der Waals surface area contributed by atoms with E-state index < -0.39 is 0 Å². The average molecular weight is 302 g/mol. The van der Waals surface area contributed by atoms with E-state index in [0.717, 1.165) is 29.4 Å². The van der Waals surface area contributed by atoms with E-state index >= 15 is 0 Å². The van der Waals surface area contributed by atoms with Gasteiger partial charge in [-0.2, -0.15) is 9.61 Å². The van der Waals surface area contributed by atoms with Gasteiger partial charge in [-0.15, -0.1) is 5.10 Å². The van der Waals surface area contributed by atoms with Gasteiger partial charge in [0.1, 0.15) is 5.82 Å². The third-order valence-electron chi connectivity index (χ3n) is 3.47. The van der Waals surface area contributed by atoms with E-state index in [9.17, 15) is 0 Å². The number of hydrogen-bond donors (Lipinski definition) is 0. The van der Waals surface area contributed by atoms with Crippen LogP contribution in [0, 0.1) is 6.92 Å². The number of aromatic nitrogens is 5. The lowest BCUT2D eigenvalue weighted by Crippen LogP contribution is -2.20. The van der Waals surface area contributed by atoms with Gasteiger partial charge in [-0.3, -0.25) is 0 Å². The van der Waals surface area contributed by atoms with E-state index in [1.807, 2.05) is 17.5 Å². The number of anilines is 1. The molecule has 0 radical (unpaired) electrons. The van der Waals surface area contributed by atoms with Crippen LogP contribution in [-0.4, -0.2) is 31.2 Å². The molecule has 0 saturated heterocycles. The molecule has 3 aromatic heterocycles. The van der Waals surface area contributed by atoms with Crippen LogP contribution >= 0.6 is 11.5 Å². The second-order valence-corrected chi connectivity index (χ2v) is 6.27. The van der Waals surface area contributed by atoms with Crippen LogP contribution < -0.4 is 4.90 Å². The van der Waals surface area contributed by atoms with Crippen LogP contribution in [0.2, 0.25) is 0 Å². The van der Waals surface area contributed by atoms with Crippen molar-refractivity contribution in [1.82, 2.24) is 24.2 Å². The fraction of sp³-hybridized carbons (Fsp3) is 0.429. The van der Waals surface area contributed by atoms with Crippen molar-refractivity contribution in [1.29, 1.82) is 0 Å². The maximum Gasteiger partial charge on any atom is 0.157 e. The highest BCUT2D eigenvalue weighted by Gasteiger charge is 2.14. The highest BCUT2D eigenvalue weighted by molar-refractivity contribution is 7.05. The Labute approximate surface area is 127 Å². The van der Waals surface area contributed by atoms with Crippen LogP contribution in [0.5, 0.6) is 0 Å². The highest BCUT2D eigenvalue weighted by atomic mass is 32.1. The second kappa shape index (κ2) is 5.40. The SMILES string of the molecule is Cc1nnsc1CN(C)c1cc(C(C)C)nc2ccnn12. The smallest absolute Gasteiger partial charge is 0.157 e. The lowest BCUT2D eigenvalue weighted by Gasteiger charge is -2.20. The topological polar surface area (TPSA) is 59.2 Å². The van der Waals surface area contributed by atoms with Crippen molar-refractivity contribution in [3.05, 3.63) is 34.6 Å². The summed E-state index contributed by atoms with van der Waals surface area (Å²) in [6.45, 7) is 7.05. The van der Waals surface area contributed by atoms with Gasteiger partial charge in [-0.05, 0) is 24.4 Å². The van der Waals surface area contributed by atoms with Crippen molar-refractivity contribution < 1.29 is 0 Å². The lowest BCUT2D eigenvalue weighted by molar-refractivity contribution is 0.786. The molecule has 0 aromatic carbocycles. The summed E-state index contributed by atoms with van der Waals surface area (Å²) in [6.07, 6.45) is 1.78. The van der Waals surface area contributed by atoms with Crippen molar-refractivity contribution in [3.8, 4) is 0 Å². The summed E-state index contributed by atoms with van der Waals surface area (Å²) in [5, 5.41) is 8.45. The van der Waals surface area contributed by atoms with Gasteiger partial charge in [0, 0.05) is 24.9 Å². The van der Waals surface area contributed by atoms with Crippen LogP contribution in [0.25, 0.3) is 5.65 Å². The highest BCUT2D eigenvalue weighted by Crippen LogP contribution is 2.23. The fourth-order valence-corrected chi connectivity index (χ4v) is 2.86. The zero-order chi connectivity index (χ0) is 15.0. The van der Waals surface area contributed by atoms with Gasteiger partial charge in [-0.1, -0.05) is 18.3 Å². The minimum absolute atomic E-state index is 0.379. The van der Waals surface area contributed by atoms with E-state index in [-0.39, 0.29) is 0 Å². The van der Waals surface area contributed by atoms with Gasteiger partial charge in [0.25, 0.3) is 0 Å². The Morgan fingerprint density at radius 2 is 2.19 bits per heavy atom. The Balaban J connectivity index is 2.02. The first kappa shape index (κ1) is 13.9. The standard InChI is InChI=1S/C14H18N6S/c1-9(2)11-7-14(20-13(16-11)5-6-15-20)19(4)8-12-10(3)17-18-21-12/h5-7,9H,8H2,1-4H3. The second-order valence-electron chi connectivity index (χ2n) is 5.43. The summed E-state index contributed by atoms with van der Waals surface area (Å²) in [4.78, 5) is 7.97. The zero-order valence-electron chi connectivity index (χ0n) is 12.6. The molecule has 0 saturated carbocycles. The Kier molecular flexibility index (Phi) is 3.59. The summed E-state index contributed by atoms with van der Waals surface area (Å²) in [5.41, 5.74) is 2.94. The van der Waals surface area contributed by atoms with Gasteiger partial charge in [0.05, 0.1) is 23.3 Å². The average Bonchev–Trinajstić information content (AvgIpc) is 3.06. The molecule has 6 nitrogen and oxygen atoms in total. The summed E-state index contributed by atoms with van der Waals surface area (Å²) in [5.74, 6) is 1.41. The quantitative estimate of drug-likeness (QED) is 0.741. The minimum atomic E-state index is 0.379. The largest absolute Gasteiger partial charge is 0.354 e. The molecule has 0 aliphatic carbocycles. The van der Waals surface area contributed by atoms with Crippen molar-refractivity contribution >= 4 is 23.0 Å². The van der Waals surface area contributed by atoms with E-state index in [4.69, 9.17) is 0 Å². The molecule has 0 aliphatic heterocycles. The Hall–Kier alpha value is -2.02. The van der Waals surface area contributed by atoms with Crippen molar-refractivity contribution in [2.45, 2.75) is 33.2 Å². The number of aryl methyl sites for hydroxylation is 1. The normalized spacial score (nSPS) is 11.5. The maximum absolute atomic E-state index is 4.64. The van der Waals surface area contributed by atoms with Gasteiger partial charge in [-0.25, -0.2) is 4.98 Å². The van der Waals surface area contributed by atoms with E-state index in [1.54, 1.807) is 6.20 Å². The van der Waals surface area contributed by atoms with Crippen LogP contribution in [0.1, 0.15) is 36.0 Å². The molecule has 3 heterocycles. The number of nitrogens with zero attached hydrogens (tertiary/aromatic N) is 6. The molecule has 21 heavy (non-hydrogen) atoms. The predicted molar refractivity (Wildman–Crippen MR) is 83.8 cm³/mol. The third-order valence-corrected chi connectivity index (χ3v) is 4.28. The van der Waals surface area contributed by atoms with Crippen LogP contribution in [-0.2, 0) is 6.54 Å². The Morgan fingerprint density at radius 3 is 2.86 bits per heavy atom. The maximum atomic E-state index is 4.64. The summed E-state index contributed by atoms with van der Waals surface area (Å²) >= 11 is 1.44. The van der Waals surface area contributed by atoms with Gasteiger partial charge in [0.15, 0.2) is 5.65 Å². The molecule has 0 unspecified atom stereocenters. The molecule has 3 aromatic rings. The Morgan fingerprint density at radius 1 is 1.38 bits per heavy atom. The molecule has 7 heteroatoms. The molecule has 0 aliphatic rings. The Bertz CT molecular complexity index is 760. The predicted octanol–water partition coefficient (Wildman–Crippen LogP) is 2.65. The van der Waals surface area contributed by atoms with Crippen molar-refractivity contribution in [3.63, 3.8) is 0 Å². The molecular weight excluding hydrogens is 284 g/mol. The molecular formula is C14H18N6S. The minimum Gasteiger partial charge on any atom is -0.354 e. The fourth-order valence-electron chi connectivity index (χ4n) is 2.18. The molecule has 0 N–H and O–H groups in total. The summed E-state index contributed by atoms with van der Waals surface area (Å²) in [6, 6.07) is 4.04. The van der Waals surface area contributed by atoms with Gasteiger partial charge in [0.2, 0.25) is 0 Å².